The monoisotopic (exact) mass is 306 g/mol. The number of hydrogen-bond donors (Lipinski definition) is 1. The van der Waals surface area contributed by atoms with Gasteiger partial charge in [0.1, 0.15) is 6.10 Å². The summed E-state index contributed by atoms with van der Waals surface area (Å²) in [4.78, 5) is 9.50. The Labute approximate surface area is 126 Å². The Morgan fingerprint density at radius 3 is 2.86 bits per heavy atom. The lowest BCUT2D eigenvalue weighted by Gasteiger charge is -2.13. The van der Waals surface area contributed by atoms with E-state index in [0.29, 0.717) is 6.42 Å². The smallest absolute Gasteiger partial charge is 0.302 e. The molecule has 0 heterocycles. The Balaban J connectivity index is 5.21. The van der Waals surface area contributed by atoms with Crippen LogP contribution >= 0.6 is 7.82 Å². The first-order valence-electron chi connectivity index (χ1n) is 6.62. The third kappa shape index (κ3) is 11.6. The van der Waals surface area contributed by atoms with Gasteiger partial charge in [0.25, 0.3) is 0 Å². The molecule has 0 aliphatic carbocycles. The van der Waals surface area contributed by atoms with Crippen molar-refractivity contribution < 1.29 is 19.9 Å². The molecular formula is C16H17O4P. The molecule has 0 saturated carbocycles. The van der Waals surface area contributed by atoms with E-state index in [1.165, 1.54) is 6.08 Å². The van der Waals surface area contributed by atoms with Gasteiger partial charge in [-0.25, -0.2) is 4.57 Å². The molecule has 0 radical (unpaired) electrons. The van der Waals surface area contributed by atoms with E-state index in [0.717, 1.165) is 0 Å². The van der Waals surface area contributed by atoms with Crippen LogP contribution in [-0.4, -0.2) is 17.6 Å². The Kier molecular flexibility index (Phi) is 9.64. The van der Waals surface area contributed by atoms with Crippen LogP contribution < -0.4 is 0 Å². The first kappa shape index (κ1) is 17.1. The highest BCUT2D eigenvalue weighted by atomic mass is 31.2. The minimum Gasteiger partial charge on any atom is -0.302 e. The first-order chi connectivity index (χ1) is 10.4. The second-order valence-electron chi connectivity index (χ2n) is 3.42. The minimum absolute atomic E-state index is 0.101. The predicted molar refractivity (Wildman–Crippen MR) is 81.3 cm³/mol. The maximum absolute atomic E-state index is 11.6. The highest BCUT2D eigenvalue weighted by Crippen LogP contribution is 2.44. The summed E-state index contributed by atoms with van der Waals surface area (Å²) < 4.78 is 28.8. The van der Waals surface area contributed by atoms with Crippen molar-refractivity contribution in [3.05, 3.63) is 53.4 Å². The summed E-state index contributed by atoms with van der Waals surface area (Å²) in [5.41, 5.74) is 11.9. The van der Waals surface area contributed by atoms with Gasteiger partial charge in [0, 0.05) is 6.05 Å². The van der Waals surface area contributed by atoms with Gasteiger partial charge in [0.05, 0.1) is 7.98 Å². The third-order valence-electron chi connectivity index (χ3n) is 1.69. The highest BCUT2D eigenvalue weighted by molar-refractivity contribution is 7.47. The zero-order valence-electron chi connectivity index (χ0n) is 13.0. The van der Waals surface area contributed by atoms with Crippen LogP contribution in [0, 0.1) is 11.8 Å². The normalized spacial score (nSPS) is 14.0. The molecule has 5 heteroatoms. The fraction of sp³-hybridized carbons (Fsp3) is 0.312. The van der Waals surface area contributed by atoms with Crippen LogP contribution in [0.25, 0.3) is 0 Å². The molecule has 2 unspecified atom stereocenters. The molecule has 110 valence electrons. The fourth-order valence-electron chi connectivity index (χ4n) is 0.941. The summed E-state index contributed by atoms with van der Waals surface area (Å²) in [7, 11) is -4.18. The van der Waals surface area contributed by atoms with E-state index in [1.54, 1.807) is 19.9 Å². The quantitative estimate of drug-likeness (QED) is 0.353. The van der Waals surface area contributed by atoms with Crippen LogP contribution in [0.4, 0.5) is 0 Å². The summed E-state index contributed by atoms with van der Waals surface area (Å²) in [6, 6.07) is -0.196. The van der Waals surface area contributed by atoms with E-state index in [-0.39, 0.29) is 12.7 Å². The molecule has 0 fully saturated rings. The number of phosphoric ester groups is 1. The number of rotatable bonds is 6. The van der Waals surface area contributed by atoms with E-state index in [2.05, 4.69) is 47.1 Å². The van der Waals surface area contributed by atoms with Gasteiger partial charge in [-0.15, -0.1) is 0 Å². The largest absolute Gasteiger partial charge is 0.473 e. The van der Waals surface area contributed by atoms with E-state index >= 15 is 0 Å². The van der Waals surface area contributed by atoms with E-state index in [4.69, 9.17) is 10.4 Å². The maximum Gasteiger partial charge on any atom is 0.473 e. The van der Waals surface area contributed by atoms with Crippen LogP contribution in [-0.2, 0) is 13.6 Å². The number of allylic oxidation sites excluding steroid dienone is 2. The summed E-state index contributed by atoms with van der Waals surface area (Å²) in [5.74, 6) is 4.93. The topological polar surface area (TPSA) is 55.8 Å². The fourth-order valence-corrected chi connectivity index (χ4v) is 1.83. The summed E-state index contributed by atoms with van der Waals surface area (Å²) in [6.07, 6.45) is 2.68. The molecule has 0 rings (SSSR count). The summed E-state index contributed by atoms with van der Waals surface area (Å²) in [5, 5.41) is 0. The highest BCUT2D eigenvalue weighted by Gasteiger charge is 2.23. The summed E-state index contributed by atoms with van der Waals surface area (Å²) >= 11 is 0. The van der Waals surface area contributed by atoms with Gasteiger partial charge in [-0.2, -0.15) is 0 Å². The van der Waals surface area contributed by atoms with Crippen LogP contribution in [0.3, 0.4) is 0 Å². The van der Waals surface area contributed by atoms with Gasteiger partial charge in [-0.05, 0) is 43.2 Å². The molecule has 1 N–H and O–H groups in total. The standard InChI is InChI=1S/C16H17O4P/c1-4-7-8-9-10-11-12-14-16(13-5-2)20-21(17,18)19-15-6-3/h5,11,13,16H,1,6,15H2,2-3H3,(H,17,18)/b13-5+/i11T. The molecule has 2 atom stereocenters. The molecule has 0 bridgehead atoms. The van der Waals surface area contributed by atoms with Crippen molar-refractivity contribution in [1.29, 1.82) is 0 Å². The average Bonchev–Trinajstić information content (AvgIpc) is 2.47. The summed E-state index contributed by atoms with van der Waals surface area (Å²) in [6.45, 7) is 6.89. The molecular weight excluding hydrogens is 287 g/mol. The molecule has 0 aromatic heterocycles. The zero-order chi connectivity index (χ0) is 16.8. The van der Waals surface area contributed by atoms with Gasteiger partial charge in [-0.1, -0.05) is 36.3 Å². The first-order valence-corrected chi connectivity index (χ1v) is 7.61. The van der Waals surface area contributed by atoms with Gasteiger partial charge in [0.15, 0.2) is 0 Å². The van der Waals surface area contributed by atoms with Crippen LogP contribution in [0.15, 0.2) is 53.4 Å². The Morgan fingerprint density at radius 1 is 1.48 bits per heavy atom. The molecule has 0 aromatic carbocycles. The second kappa shape index (κ2) is 11.8. The Hall–Kier alpha value is -1.95. The van der Waals surface area contributed by atoms with Crippen LogP contribution in [0.1, 0.15) is 21.6 Å². The van der Waals surface area contributed by atoms with Gasteiger partial charge >= 0.3 is 7.82 Å². The molecule has 4 nitrogen and oxygen atoms in total. The lowest BCUT2D eigenvalue weighted by atomic mass is 10.3. The van der Waals surface area contributed by atoms with Crippen LogP contribution in [0.2, 0.25) is 0 Å². The van der Waals surface area contributed by atoms with Gasteiger partial charge in [0.2, 0.25) is 0 Å². The van der Waals surface area contributed by atoms with Crippen LogP contribution in [0.5, 0.6) is 0 Å². The zero-order valence-corrected chi connectivity index (χ0v) is 12.9. The third-order valence-corrected chi connectivity index (χ3v) is 2.69. The van der Waals surface area contributed by atoms with Crippen molar-refractivity contribution in [3.8, 4) is 11.8 Å². The molecule has 0 aromatic rings. The van der Waals surface area contributed by atoms with E-state index < -0.39 is 13.9 Å². The Bertz CT molecular complexity index is 696. The molecule has 0 saturated heterocycles. The molecule has 0 aliphatic rings. The van der Waals surface area contributed by atoms with Crippen molar-refractivity contribution >= 4 is 7.82 Å². The average molecular weight is 306 g/mol. The van der Waals surface area contributed by atoms with E-state index in [1.807, 2.05) is 0 Å². The molecule has 0 amide bonds. The number of phosphoric acid groups is 1. The van der Waals surface area contributed by atoms with Crippen molar-refractivity contribution in [3.63, 3.8) is 0 Å². The lowest BCUT2D eigenvalue weighted by Crippen LogP contribution is -2.07. The van der Waals surface area contributed by atoms with Crippen molar-refractivity contribution in [2.24, 2.45) is 0 Å². The minimum atomic E-state index is -4.18. The van der Waals surface area contributed by atoms with Gasteiger partial charge < -0.3 is 4.89 Å². The molecule has 21 heavy (non-hydrogen) atoms. The number of hydrogen-bond acceptors (Lipinski definition) is 3. The van der Waals surface area contributed by atoms with Gasteiger partial charge in [-0.3, -0.25) is 9.05 Å². The van der Waals surface area contributed by atoms with E-state index in [9.17, 15) is 9.46 Å². The maximum atomic E-state index is 11.6. The van der Waals surface area contributed by atoms with Crippen molar-refractivity contribution in [2.45, 2.75) is 26.4 Å². The Morgan fingerprint density at radius 2 is 2.24 bits per heavy atom. The van der Waals surface area contributed by atoms with Crippen molar-refractivity contribution in [1.82, 2.24) is 0 Å². The lowest BCUT2D eigenvalue weighted by molar-refractivity contribution is 0.143. The molecule has 0 spiro atoms. The SMILES string of the molecule is [3H]C(=C=C=C=C=C=C)C#CC(/C=C/C)OP(=O)(O)OCCC. The second-order valence-corrected chi connectivity index (χ2v) is 4.83. The predicted octanol–water partition coefficient (Wildman–Crippen LogP) is 3.44. The van der Waals surface area contributed by atoms with Crippen molar-refractivity contribution in [2.75, 3.05) is 6.61 Å². The molecule has 0 aliphatic heterocycles.